The molecule has 0 spiro atoms. The Morgan fingerprint density at radius 3 is 2.27 bits per heavy atom. The van der Waals surface area contributed by atoms with Gasteiger partial charge in [0.1, 0.15) is 11.6 Å². The van der Waals surface area contributed by atoms with Gasteiger partial charge in [-0.3, -0.25) is 0 Å². The first-order valence-corrected chi connectivity index (χ1v) is 9.37. The zero-order chi connectivity index (χ0) is 21.8. The van der Waals surface area contributed by atoms with E-state index in [1.54, 1.807) is 13.0 Å². The van der Waals surface area contributed by atoms with Crippen LogP contribution in [0.3, 0.4) is 0 Å². The van der Waals surface area contributed by atoms with Gasteiger partial charge in [0.2, 0.25) is 0 Å². The van der Waals surface area contributed by atoms with Crippen LogP contribution in [-0.4, -0.2) is 6.61 Å². The van der Waals surface area contributed by atoms with Crippen LogP contribution < -0.4 is 4.74 Å². The van der Waals surface area contributed by atoms with Gasteiger partial charge >= 0.3 is 0 Å². The molecule has 0 saturated carbocycles. The summed E-state index contributed by atoms with van der Waals surface area (Å²) in [5, 5.41) is -0.662. The first-order chi connectivity index (χ1) is 14.4. The van der Waals surface area contributed by atoms with Crippen LogP contribution >= 0.6 is 0 Å². The van der Waals surface area contributed by atoms with Crippen LogP contribution in [0.2, 0.25) is 0 Å². The Bertz CT molecular complexity index is 1120. The molecule has 156 valence electrons. The van der Waals surface area contributed by atoms with Crippen LogP contribution in [0.5, 0.6) is 5.75 Å². The molecule has 0 amide bonds. The van der Waals surface area contributed by atoms with Crippen molar-refractivity contribution in [2.45, 2.75) is 19.8 Å². The molecule has 0 unspecified atom stereocenters. The van der Waals surface area contributed by atoms with Crippen molar-refractivity contribution in [3.05, 3.63) is 89.3 Å². The second-order valence-electron chi connectivity index (χ2n) is 6.60. The zero-order valence-corrected chi connectivity index (χ0v) is 16.2. The van der Waals surface area contributed by atoms with Crippen LogP contribution in [-0.2, 0) is 6.42 Å². The minimum absolute atomic E-state index is 0.0588. The van der Waals surface area contributed by atoms with E-state index in [1.807, 2.05) is 0 Å². The standard InChI is InChI=1S/C24H19F5O/c1-3-5-6-16-13-15-9-12-18(22(27)19(15)24(29)21(16)26)23(28)20(25)14-7-10-17(11-8-14)30-4-2/h3,7-13H,1,4-6H2,2H3. The predicted octanol–water partition coefficient (Wildman–Crippen LogP) is 7.54. The van der Waals surface area contributed by atoms with Gasteiger partial charge in [0.05, 0.1) is 12.0 Å². The molecule has 3 rings (SSSR count). The molecule has 0 aliphatic rings. The van der Waals surface area contributed by atoms with Gasteiger partial charge in [-0.2, -0.15) is 0 Å². The highest BCUT2D eigenvalue weighted by Gasteiger charge is 2.22. The number of allylic oxidation sites excluding steroid dienone is 1. The van der Waals surface area contributed by atoms with Gasteiger partial charge < -0.3 is 4.74 Å². The molecule has 0 fully saturated rings. The number of hydrogen-bond donors (Lipinski definition) is 0. The zero-order valence-electron chi connectivity index (χ0n) is 16.2. The van der Waals surface area contributed by atoms with E-state index >= 15 is 0 Å². The fourth-order valence-corrected chi connectivity index (χ4v) is 3.15. The molecule has 0 saturated heterocycles. The molecule has 0 heterocycles. The summed E-state index contributed by atoms with van der Waals surface area (Å²) in [5.74, 6) is -6.36. The van der Waals surface area contributed by atoms with E-state index in [1.165, 1.54) is 36.4 Å². The third-order valence-electron chi connectivity index (χ3n) is 4.66. The molecule has 0 atom stereocenters. The van der Waals surface area contributed by atoms with E-state index in [-0.39, 0.29) is 22.9 Å². The maximum absolute atomic E-state index is 14.9. The van der Waals surface area contributed by atoms with Crippen molar-refractivity contribution in [3.63, 3.8) is 0 Å². The van der Waals surface area contributed by atoms with Gasteiger partial charge in [-0.05, 0) is 67.1 Å². The fourth-order valence-electron chi connectivity index (χ4n) is 3.15. The Hall–Kier alpha value is -3.15. The smallest absolute Gasteiger partial charge is 0.169 e. The molecular weight excluding hydrogens is 399 g/mol. The van der Waals surface area contributed by atoms with Crippen molar-refractivity contribution in [1.29, 1.82) is 0 Å². The molecule has 3 aromatic rings. The summed E-state index contributed by atoms with van der Waals surface area (Å²) < 4.78 is 78.4. The summed E-state index contributed by atoms with van der Waals surface area (Å²) in [5.41, 5.74) is -0.864. The van der Waals surface area contributed by atoms with Gasteiger partial charge in [-0.15, -0.1) is 6.58 Å². The highest BCUT2D eigenvalue weighted by atomic mass is 19.2. The lowest BCUT2D eigenvalue weighted by atomic mass is 9.99. The Balaban J connectivity index is 2.09. The maximum atomic E-state index is 14.9. The summed E-state index contributed by atoms with van der Waals surface area (Å²) in [7, 11) is 0. The van der Waals surface area contributed by atoms with Gasteiger partial charge in [0.25, 0.3) is 0 Å². The number of ether oxygens (including phenoxy) is 1. The van der Waals surface area contributed by atoms with Crippen molar-refractivity contribution < 1.29 is 26.7 Å². The van der Waals surface area contributed by atoms with Gasteiger partial charge in [-0.25, -0.2) is 22.0 Å². The summed E-state index contributed by atoms with van der Waals surface area (Å²) in [6.07, 6.45) is 2.15. The lowest BCUT2D eigenvalue weighted by molar-refractivity contribution is 0.340. The number of benzene rings is 3. The Labute approximate surface area is 171 Å². The molecule has 0 bridgehead atoms. The Kier molecular flexibility index (Phi) is 6.55. The normalized spacial score (nSPS) is 12.1. The van der Waals surface area contributed by atoms with Gasteiger partial charge in [-0.1, -0.05) is 12.1 Å². The summed E-state index contributed by atoms with van der Waals surface area (Å²) >= 11 is 0. The lowest BCUT2D eigenvalue weighted by Gasteiger charge is -2.11. The molecule has 1 nitrogen and oxygen atoms in total. The average Bonchev–Trinajstić information content (AvgIpc) is 2.75. The van der Waals surface area contributed by atoms with Crippen molar-refractivity contribution in [2.24, 2.45) is 0 Å². The van der Waals surface area contributed by atoms with Crippen molar-refractivity contribution in [1.82, 2.24) is 0 Å². The minimum Gasteiger partial charge on any atom is -0.494 e. The lowest BCUT2D eigenvalue weighted by Crippen LogP contribution is -2.00. The van der Waals surface area contributed by atoms with Gasteiger partial charge in [0.15, 0.2) is 23.3 Å². The van der Waals surface area contributed by atoms with Crippen molar-refractivity contribution in [3.8, 4) is 5.75 Å². The second kappa shape index (κ2) is 9.11. The molecule has 0 aliphatic carbocycles. The summed E-state index contributed by atoms with van der Waals surface area (Å²) in [6, 6.07) is 9.00. The first-order valence-electron chi connectivity index (χ1n) is 9.37. The molecular formula is C24H19F5O. The van der Waals surface area contributed by atoms with Crippen LogP contribution in [0.4, 0.5) is 22.0 Å². The van der Waals surface area contributed by atoms with Crippen LogP contribution in [0.15, 0.2) is 55.1 Å². The number of fused-ring (bicyclic) bond motifs is 1. The highest BCUT2D eigenvalue weighted by Crippen LogP contribution is 2.35. The van der Waals surface area contributed by atoms with Gasteiger partial charge in [0, 0.05) is 11.1 Å². The molecule has 0 aliphatic heterocycles. The molecule has 3 aromatic carbocycles. The Morgan fingerprint density at radius 1 is 0.933 bits per heavy atom. The topological polar surface area (TPSA) is 9.23 Å². The van der Waals surface area contributed by atoms with E-state index in [0.29, 0.717) is 18.8 Å². The predicted molar refractivity (Wildman–Crippen MR) is 109 cm³/mol. The molecule has 0 radical (unpaired) electrons. The summed E-state index contributed by atoms with van der Waals surface area (Å²) in [4.78, 5) is 0. The second-order valence-corrected chi connectivity index (χ2v) is 6.60. The van der Waals surface area contributed by atoms with E-state index in [9.17, 15) is 22.0 Å². The third kappa shape index (κ3) is 4.08. The van der Waals surface area contributed by atoms with E-state index in [4.69, 9.17) is 4.74 Å². The largest absolute Gasteiger partial charge is 0.494 e. The van der Waals surface area contributed by atoms with Crippen LogP contribution in [0.1, 0.15) is 30.0 Å². The number of halogens is 5. The SMILES string of the molecule is C=CCCc1cc2ccc(C(F)=C(F)c3ccc(OCC)cc3)c(F)c2c(F)c1F. The van der Waals surface area contributed by atoms with Crippen LogP contribution in [0.25, 0.3) is 22.4 Å². The molecule has 30 heavy (non-hydrogen) atoms. The minimum atomic E-state index is -1.51. The van der Waals surface area contributed by atoms with Crippen molar-refractivity contribution in [2.75, 3.05) is 6.61 Å². The quantitative estimate of drug-likeness (QED) is 0.219. The molecule has 0 N–H and O–H groups in total. The van der Waals surface area contributed by atoms with E-state index in [0.717, 1.165) is 6.07 Å². The number of hydrogen-bond acceptors (Lipinski definition) is 1. The molecule has 0 aromatic heterocycles. The average molecular weight is 418 g/mol. The van der Waals surface area contributed by atoms with E-state index in [2.05, 4.69) is 6.58 Å². The Morgan fingerprint density at radius 2 is 1.63 bits per heavy atom. The maximum Gasteiger partial charge on any atom is 0.169 e. The molecule has 6 heteroatoms. The fraction of sp³-hybridized carbons (Fsp3) is 0.167. The number of aryl methyl sites for hydroxylation is 1. The first kappa shape index (κ1) is 21.6. The monoisotopic (exact) mass is 418 g/mol. The highest BCUT2D eigenvalue weighted by molar-refractivity contribution is 5.91. The van der Waals surface area contributed by atoms with Crippen LogP contribution in [0, 0.1) is 17.5 Å². The third-order valence-corrected chi connectivity index (χ3v) is 4.66. The van der Waals surface area contributed by atoms with E-state index < -0.39 is 40.1 Å². The number of rotatable bonds is 7. The summed E-state index contributed by atoms with van der Waals surface area (Å²) in [6.45, 7) is 5.71. The van der Waals surface area contributed by atoms with Crippen molar-refractivity contribution >= 4 is 22.4 Å².